The largest absolute Gasteiger partial charge is 0.481 e. The zero-order chi connectivity index (χ0) is 24.3. The maximum Gasteiger partial charge on any atom is 0.326 e. The van der Waals surface area contributed by atoms with Crippen LogP contribution in [0, 0.1) is 11.8 Å². The lowest BCUT2D eigenvalue weighted by atomic mass is 9.97. The first kappa shape index (κ1) is 28.3. The number of nitrogens with one attached hydrogen (secondary N) is 3. The molecule has 0 radical (unpaired) electrons. The second kappa shape index (κ2) is 13.5. The topological polar surface area (TPSA) is 208 Å². The van der Waals surface area contributed by atoms with Gasteiger partial charge in [0, 0.05) is 0 Å². The number of hydrogen-bond donors (Lipinski definition) is 7. The smallest absolute Gasteiger partial charge is 0.326 e. The zero-order valence-electron chi connectivity index (χ0n) is 18.3. The lowest BCUT2D eigenvalue weighted by molar-refractivity contribution is -0.143. The Labute approximate surface area is 180 Å². The molecular formula is C19H34N4O8. The fourth-order valence-corrected chi connectivity index (χ4v) is 2.66. The Morgan fingerprint density at radius 2 is 1.42 bits per heavy atom. The second-order valence-corrected chi connectivity index (χ2v) is 7.85. The second-order valence-electron chi connectivity index (χ2n) is 7.85. The number of aliphatic hydroxyl groups is 1. The third-order valence-electron chi connectivity index (χ3n) is 4.66. The number of aliphatic carboxylic acids is 2. The Balaban J connectivity index is 5.30. The maximum absolute atomic E-state index is 12.7. The quantitative estimate of drug-likeness (QED) is 0.164. The molecule has 0 heterocycles. The standard InChI is InChI=1S/C19H34N4O8/c1-5-10(4)15(23-16(27)11(20)7-14(25)26)18(29)22-13(8-24)17(28)21-12(19(30)31)6-9(2)3/h9-13,15,24H,5-8,20H2,1-4H3,(H,21,28)(H,22,29)(H,23,27)(H,25,26)(H,30,31). The summed E-state index contributed by atoms with van der Waals surface area (Å²) in [6.45, 7) is 6.17. The van der Waals surface area contributed by atoms with E-state index >= 15 is 0 Å². The normalized spacial score (nSPS) is 15.8. The van der Waals surface area contributed by atoms with Gasteiger partial charge in [0.05, 0.1) is 19.1 Å². The van der Waals surface area contributed by atoms with Crippen molar-refractivity contribution in [3.05, 3.63) is 0 Å². The molecule has 0 bridgehead atoms. The molecule has 3 amide bonds. The molecule has 0 aliphatic rings. The van der Waals surface area contributed by atoms with Gasteiger partial charge < -0.3 is 37.0 Å². The van der Waals surface area contributed by atoms with Crippen LogP contribution in [-0.4, -0.2) is 75.8 Å². The van der Waals surface area contributed by atoms with Crippen LogP contribution < -0.4 is 21.7 Å². The molecule has 0 aliphatic carbocycles. The van der Waals surface area contributed by atoms with Crippen LogP contribution in [0.4, 0.5) is 0 Å². The van der Waals surface area contributed by atoms with Crippen molar-refractivity contribution < 1.29 is 39.3 Å². The first-order valence-corrected chi connectivity index (χ1v) is 10.1. The van der Waals surface area contributed by atoms with Gasteiger partial charge in [-0.15, -0.1) is 0 Å². The van der Waals surface area contributed by atoms with E-state index in [0.717, 1.165) is 0 Å². The van der Waals surface area contributed by atoms with Crippen molar-refractivity contribution in [1.29, 1.82) is 0 Å². The van der Waals surface area contributed by atoms with Gasteiger partial charge in [-0.3, -0.25) is 19.2 Å². The summed E-state index contributed by atoms with van der Waals surface area (Å²) in [5.74, 6) is -5.49. The number of amides is 3. The van der Waals surface area contributed by atoms with E-state index in [2.05, 4.69) is 16.0 Å². The molecule has 0 spiro atoms. The molecule has 0 aromatic carbocycles. The van der Waals surface area contributed by atoms with Crippen molar-refractivity contribution in [2.45, 2.75) is 71.1 Å². The summed E-state index contributed by atoms with van der Waals surface area (Å²) in [6.07, 6.45) is -0.0209. The number of aliphatic hydroxyl groups excluding tert-OH is 1. The van der Waals surface area contributed by atoms with E-state index in [1.54, 1.807) is 27.7 Å². The van der Waals surface area contributed by atoms with Crippen LogP contribution >= 0.6 is 0 Å². The Morgan fingerprint density at radius 1 is 0.871 bits per heavy atom. The number of carboxylic acid groups (broad SMARTS) is 2. The summed E-state index contributed by atoms with van der Waals surface area (Å²) in [4.78, 5) is 59.3. The van der Waals surface area contributed by atoms with Crippen LogP contribution in [0.5, 0.6) is 0 Å². The van der Waals surface area contributed by atoms with Crippen molar-refractivity contribution in [3.8, 4) is 0 Å². The molecule has 5 unspecified atom stereocenters. The summed E-state index contributed by atoms with van der Waals surface area (Å²) < 4.78 is 0. The van der Waals surface area contributed by atoms with Gasteiger partial charge >= 0.3 is 11.9 Å². The highest BCUT2D eigenvalue weighted by Gasteiger charge is 2.32. The number of carbonyl (C=O) groups excluding carboxylic acids is 3. The van der Waals surface area contributed by atoms with E-state index < -0.39 is 72.8 Å². The van der Waals surface area contributed by atoms with Crippen molar-refractivity contribution >= 4 is 29.7 Å². The monoisotopic (exact) mass is 446 g/mol. The zero-order valence-corrected chi connectivity index (χ0v) is 18.3. The lowest BCUT2D eigenvalue weighted by Gasteiger charge is -2.27. The number of carbonyl (C=O) groups is 5. The van der Waals surface area contributed by atoms with E-state index in [0.29, 0.717) is 6.42 Å². The number of hydrogen-bond acceptors (Lipinski definition) is 7. The van der Waals surface area contributed by atoms with Gasteiger partial charge in [0.15, 0.2) is 0 Å². The van der Waals surface area contributed by atoms with Crippen LogP contribution in [0.3, 0.4) is 0 Å². The average Bonchev–Trinajstić information content (AvgIpc) is 2.67. The molecule has 31 heavy (non-hydrogen) atoms. The SMILES string of the molecule is CCC(C)C(NC(=O)C(N)CC(=O)O)C(=O)NC(CO)C(=O)NC(CC(C)C)C(=O)O. The Bertz CT molecular complexity index is 655. The Kier molecular flexibility index (Phi) is 12.4. The van der Waals surface area contributed by atoms with Crippen LogP contribution in [0.1, 0.15) is 47.0 Å². The molecule has 0 saturated heterocycles. The molecule has 0 aromatic heterocycles. The molecule has 5 atom stereocenters. The Morgan fingerprint density at radius 3 is 1.84 bits per heavy atom. The number of rotatable bonds is 14. The first-order valence-electron chi connectivity index (χ1n) is 10.1. The van der Waals surface area contributed by atoms with Crippen LogP contribution in [-0.2, 0) is 24.0 Å². The van der Waals surface area contributed by atoms with Crippen LogP contribution in [0.2, 0.25) is 0 Å². The average molecular weight is 447 g/mol. The third-order valence-corrected chi connectivity index (χ3v) is 4.66. The minimum atomic E-state index is -1.45. The molecule has 8 N–H and O–H groups in total. The van der Waals surface area contributed by atoms with Gasteiger partial charge in [0.25, 0.3) is 0 Å². The number of carboxylic acids is 2. The van der Waals surface area contributed by atoms with E-state index in [4.69, 9.17) is 10.8 Å². The summed E-state index contributed by atoms with van der Waals surface area (Å²) in [7, 11) is 0. The molecule has 0 aromatic rings. The molecule has 0 fully saturated rings. The van der Waals surface area contributed by atoms with Crippen LogP contribution in [0.25, 0.3) is 0 Å². The van der Waals surface area contributed by atoms with E-state index in [9.17, 15) is 34.2 Å². The fraction of sp³-hybridized carbons (Fsp3) is 0.737. The van der Waals surface area contributed by atoms with Crippen molar-refractivity contribution in [1.82, 2.24) is 16.0 Å². The molecule has 0 aliphatic heterocycles. The van der Waals surface area contributed by atoms with Gasteiger partial charge in [0.1, 0.15) is 18.1 Å². The molecule has 0 rings (SSSR count). The summed E-state index contributed by atoms with van der Waals surface area (Å²) in [6, 6.07) is -5.17. The lowest BCUT2D eigenvalue weighted by Crippen LogP contribution is -2.59. The minimum absolute atomic E-state index is 0.0245. The predicted molar refractivity (Wildman–Crippen MR) is 110 cm³/mol. The highest BCUT2D eigenvalue weighted by Crippen LogP contribution is 2.10. The van der Waals surface area contributed by atoms with E-state index in [1.807, 2.05) is 0 Å². The molecule has 178 valence electrons. The first-order chi connectivity index (χ1) is 14.3. The predicted octanol–water partition coefficient (Wildman–Crippen LogP) is -1.59. The van der Waals surface area contributed by atoms with Gasteiger partial charge in [-0.2, -0.15) is 0 Å². The highest BCUT2D eigenvalue weighted by molar-refractivity contribution is 5.94. The highest BCUT2D eigenvalue weighted by atomic mass is 16.4. The molecule has 12 nitrogen and oxygen atoms in total. The minimum Gasteiger partial charge on any atom is -0.481 e. The number of nitrogens with two attached hydrogens (primary N) is 1. The summed E-state index contributed by atoms with van der Waals surface area (Å²) in [5, 5.41) is 34.5. The maximum atomic E-state index is 12.7. The Hall–Kier alpha value is -2.73. The summed E-state index contributed by atoms with van der Waals surface area (Å²) >= 11 is 0. The van der Waals surface area contributed by atoms with E-state index in [1.165, 1.54) is 0 Å². The summed E-state index contributed by atoms with van der Waals surface area (Å²) in [5.41, 5.74) is 5.52. The molecular weight excluding hydrogens is 412 g/mol. The van der Waals surface area contributed by atoms with Crippen molar-refractivity contribution in [3.63, 3.8) is 0 Å². The fourth-order valence-electron chi connectivity index (χ4n) is 2.66. The van der Waals surface area contributed by atoms with Gasteiger partial charge in [-0.05, 0) is 18.3 Å². The van der Waals surface area contributed by atoms with E-state index in [-0.39, 0.29) is 12.3 Å². The third kappa shape index (κ3) is 10.2. The van der Waals surface area contributed by atoms with Gasteiger partial charge in [-0.25, -0.2) is 4.79 Å². The van der Waals surface area contributed by atoms with Crippen LogP contribution in [0.15, 0.2) is 0 Å². The molecule has 12 heteroatoms. The van der Waals surface area contributed by atoms with Crippen molar-refractivity contribution in [2.75, 3.05) is 6.61 Å². The van der Waals surface area contributed by atoms with Gasteiger partial charge in [0.2, 0.25) is 17.7 Å². The van der Waals surface area contributed by atoms with Crippen molar-refractivity contribution in [2.24, 2.45) is 17.6 Å². The molecule has 0 saturated carbocycles. The van der Waals surface area contributed by atoms with Gasteiger partial charge in [-0.1, -0.05) is 34.1 Å².